The Labute approximate surface area is 131 Å². The predicted octanol–water partition coefficient (Wildman–Crippen LogP) is 3.85. The minimum Gasteiger partial charge on any atom is -0.481 e. The number of ether oxygens (including phenoxy) is 1. The molecule has 1 heterocycles. The van der Waals surface area contributed by atoms with E-state index in [0.29, 0.717) is 11.3 Å². The van der Waals surface area contributed by atoms with Gasteiger partial charge >= 0.3 is 0 Å². The molecule has 0 aromatic carbocycles. The van der Waals surface area contributed by atoms with Crippen molar-refractivity contribution < 1.29 is 4.74 Å². The summed E-state index contributed by atoms with van der Waals surface area (Å²) in [5.74, 6) is 3.46. The van der Waals surface area contributed by atoms with E-state index >= 15 is 0 Å². The Bertz CT molecular complexity index is 498. The molecule has 4 saturated carbocycles. The molecule has 1 aromatic rings. The van der Waals surface area contributed by atoms with E-state index in [1.807, 2.05) is 6.07 Å². The molecule has 0 N–H and O–H groups in total. The van der Waals surface area contributed by atoms with Gasteiger partial charge in [-0.25, -0.2) is 9.97 Å². The summed E-state index contributed by atoms with van der Waals surface area (Å²) in [5.41, 5.74) is 1.38. The van der Waals surface area contributed by atoms with E-state index < -0.39 is 0 Å². The van der Waals surface area contributed by atoms with E-state index in [1.54, 1.807) is 13.4 Å². The molecule has 0 amide bonds. The van der Waals surface area contributed by atoms with Crippen molar-refractivity contribution in [2.24, 2.45) is 23.2 Å². The van der Waals surface area contributed by atoms with Gasteiger partial charge in [0, 0.05) is 23.6 Å². The van der Waals surface area contributed by atoms with E-state index in [4.69, 9.17) is 16.3 Å². The molecule has 1 unspecified atom stereocenters. The van der Waals surface area contributed by atoms with E-state index in [1.165, 1.54) is 38.5 Å². The van der Waals surface area contributed by atoms with Gasteiger partial charge in [0.05, 0.1) is 7.11 Å². The molecule has 0 radical (unpaired) electrons. The minimum atomic E-state index is 0.200. The van der Waals surface area contributed by atoms with Crippen LogP contribution in [0.3, 0.4) is 0 Å². The first kappa shape index (κ1) is 13.8. The number of halogens is 1. The molecule has 0 saturated heterocycles. The third-order valence-electron chi connectivity index (χ3n) is 6.05. The van der Waals surface area contributed by atoms with Crippen LogP contribution in [-0.4, -0.2) is 22.5 Å². The lowest BCUT2D eigenvalue weighted by Gasteiger charge is -2.58. The second kappa shape index (κ2) is 5.12. The molecule has 4 aliphatic rings. The standard InChI is InChI=1S/C17H23ClN2O/c1-21-16-6-14(19-10-20-16)5-15(18)17-7-11-2-12(8-17)4-13(3-11)9-17/h6,10-13,15H,2-5,7-9H2,1H3. The average molecular weight is 307 g/mol. The molecule has 4 aliphatic carbocycles. The molecule has 4 fully saturated rings. The highest BCUT2D eigenvalue weighted by atomic mass is 35.5. The van der Waals surface area contributed by atoms with Crippen LogP contribution >= 0.6 is 11.6 Å². The van der Waals surface area contributed by atoms with Gasteiger partial charge in [0.25, 0.3) is 0 Å². The topological polar surface area (TPSA) is 35.0 Å². The number of rotatable bonds is 4. The summed E-state index contributed by atoms with van der Waals surface area (Å²) >= 11 is 6.93. The van der Waals surface area contributed by atoms with Crippen molar-refractivity contribution in [2.75, 3.05) is 7.11 Å². The fraction of sp³-hybridized carbons (Fsp3) is 0.765. The average Bonchev–Trinajstić information content (AvgIpc) is 2.46. The van der Waals surface area contributed by atoms with Crippen LogP contribution in [0.1, 0.15) is 44.2 Å². The first-order valence-electron chi connectivity index (χ1n) is 8.16. The van der Waals surface area contributed by atoms with Gasteiger partial charge in [-0.1, -0.05) is 0 Å². The van der Waals surface area contributed by atoms with Gasteiger partial charge in [-0.15, -0.1) is 11.6 Å². The first-order valence-corrected chi connectivity index (χ1v) is 8.59. The number of hydrogen-bond donors (Lipinski definition) is 0. The highest BCUT2D eigenvalue weighted by molar-refractivity contribution is 6.21. The van der Waals surface area contributed by atoms with Crippen LogP contribution < -0.4 is 4.74 Å². The molecular weight excluding hydrogens is 284 g/mol. The molecule has 1 aromatic heterocycles. The summed E-state index contributed by atoms with van der Waals surface area (Å²) in [5, 5.41) is 0.200. The Morgan fingerprint density at radius 1 is 1.19 bits per heavy atom. The largest absolute Gasteiger partial charge is 0.481 e. The van der Waals surface area contributed by atoms with E-state index in [0.717, 1.165) is 29.9 Å². The Morgan fingerprint density at radius 3 is 2.38 bits per heavy atom. The molecule has 1 atom stereocenters. The van der Waals surface area contributed by atoms with Crippen LogP contribution in [0.5, 0.6) is 5.88 Å². The van der Waals surface area contributed by atoms with Crippen LogP contribution in [0.25, 0.3) is 0 Å². The summed E-state index contributed by atoms with van der Waals surface area (Å²) in [6.45, 7) is 0. The maximum Gasteiger partial charge on any atom is 0.216 e. The van der Waals surface area contributed by atoms with Crippen molar-refractivity contribution in [3.8, 4) is 5.88 Å². The molecule has 3 nitrogen and oxygen atoms in total. The summed E-state index contributed by atoms with van der Waals surface area (Å²) in [4.78, 5) is 8.46. The lowest BCUT2D eigenvalue weighted by atomic mass is 9.48. The summed E-state index contributed by atoms with van der Waals surface area (Å²) in [6, 6.07) is 1.93. The molecule has 0 spiro atoms. The summed E-state index contributed by atoms with van der Waals surface area (Å²) in [7, 11) is 1.64. The molecule has 4 bridgehead atoms. The summed E-state index contributed by atoms with van der Waals surface area (Å²) < 4.78 is 5.19. The molecule has 21 heavy (non-hydrogen) atoms. The van der Waals surface area contributed by atoms with Crippen molar-refractivity contribution in [1.29, 1.82) is 0 Å². The van der Waals surface area contributed by atoms with Crippen molar-refractivity contribution in [1.82, 2.24) is 9.97 Å². The SMILES string of the molecule is COc1cc(CC(Cl)C23CC4CC(CC(C4)C2)C3)ncn1. The van der Waals surface area contributed by atoms with Crippen molar-refractivity contribution >= 4 is 11.6 Å². The van der Waals surface area contributed by atoms with Crippen LogP contribution in [-0.2, 0) is 6.42 Å². The molecular formula is C17H23ClN2O. The quantitative estimate of drug-likeness (QED) is 0.793. The third-order valence-corrected chi connectivity index (χ3v) is 6.66. The van der Waals surface area contributed by atoms with Crippen LogP contribution in [0.15, 0.2) is 12.4 Å². The first-order chi connectivity index (χ1) is 10.2. The van der Waals surface area contributed by atoms with E-state index in [2.05, 4.69) is 9.97 Å². The highest BCUT2D eigenvalue weighted by Gasteiger charge is 2.53. The highest BCUT2D eigenvalue weighted by Crippen LogP contribution is 2.62. The van der Waals surface area contributed by atoms with Crippen LogP contribution in [0.2, 0.25) is 0 Å². The second-order valence-corrected chi connectivity index (χ2v) is 8.03. The van der Waals surface area contributed by atoms with Gasteiger partial charge in [0.2, 0.25) is 5.88 Å². The van der Waals surface area contributed by atoms with Crippen molar-refractivity contribution in [3.05, 3.63) is 18.1 Å². The lowest BCUT2D eigenvalue weighted by Crippen LogP contribution is -2.50. The van der Waals surface area contributed by atoms with Crippen LogP contribution in [0.4, 0.5) is 0 Å². The Kier molecular flexibility index (Phi) is 3.36. The van der Waals surface area contributed by atoms with E-state index in [-0.39, 0.29) is 5.38 Å². The maximum atomic E-state index is 6.93. The van der Waals surface area contributed by atoms with Crippen LogP contribution in [0, 0.1) is 23.2 Å². The van der Waals surface area contributed by atoms with Gasteiger partial charge in [-0.3, -0.25) is 0 Å². The molecule has 4 heteroatoms. The second-order valence-electron chi connectivity index (χ2n) is 7.50. The minimum absolute atomic E-state index is 0.200. The number of methoxy groups -OCH3 is 1. The monoisotopic (exact) mass is 306 g/mol. The van der Waals surface area contributed by atoms with Gasteiger partial charge < -0.3 is 4.74 Å². The Morgan fingerprint density at radius 2 is 1.81 bits per heavy atom. The normalized spacial score (nSPS) is 38.5. The smallest absolute Gasteiger partial charge is 0.216 e. The third kappa shape index (κ3) is 2.44. The fourth-order valence-electron chi connectivity index (χ4n) is 5.56. The van der Waals surface area contributed by atoms with Gasteiger partial charge in [-0.05, 0) is 61.7 Å². The van der Waals surface area contributed by atoms with Gasteiger partial charge in [-0.2, -0.15) is 0 Å². The van der Waals surface area contributed by atoms with E-state index in [9.17, 15) is 0 Å². The van der Waals surface area contributed by atoms with Gasteiger partial charge in [0.1, 0.15) is 6.33 Å². The van der Waals surface area contributed by atoms with Crippen molar-refractivity contribution in [2.45, 2.75) is 50.3 Å². The molecule has 0 aliphatic heterocycles. The zero-order valence-corrected chi connectivity index (χ0v) is 13.4. The number of hydrogen-bond acceptors (Lipinski definition) is 3. The number of alkyl halides is 1. The lowest BCUT2D eigenvalue weighted by molar-refractivity contribution is -0.0546. The Hall–Kier alpha value is -0.830. The maximum absolute atomic E-state index is 6.93. The van der Waals surface area contributed by atoms with Gasteiger partial charge in [0.15, 0.2) is 0 Å². The Balaban J connectivity index is 1.53. The predicted molar refractivity (Wildman–Crippen MR) is 82.5 cm³/mol. The van der Waals surface area contributed by atoms with Crippen molar-refractivity contribution in [3.63, 3.8) is 0 Å². The zero-order chi connectivity index (χ0) is 14.4. The number of aromatic nitrogens is 2. The molecule has 5 rings (SSSR count). The molecule has 114 valence electrons. The fourth-order valence-corrected chi connectivity index (χ4v) is 5.99. The zero-order valence-electron chi connectivity index (χ0n) is 12.6. The summed E-state index contributed by atoms with van der Waals surface area (Å²) in [6.07, 6.45) is 10.8. The number of nitrogens with zero attached hydrogens (tertiary/aromatic N) is 2.